The van der Waals surface area contributed by atoms with Gasteiger partial charge in [-0.1, -0.05) is 25.3 Å². The molecule has 0 bridgehead atoms. The van der Waals surface area contributed by atoms with Crippen molar-refractivity contribution in [2.75, 3.05) is 19.0 Å². The van der Waals surface area contributed by atoms with E-state index in [0.29, 0.717) is 23.6 Å². The minimum atomic E-state index is -0.518. The van der Waals surface area contributed by atoms with E-state index < -0.39 is 10.9 Å². The van der Waals surface area contributed by atoms with Gasteiger partial charge in [0, 0.05) is 24.8 Å². The molecule has 1 fully saturated rings. The summed E-state index contributed by atoms with van der Waals surface area (Å²) in [7, 11) is 1.27. The van der Waals surface area contributed by atoms with Gasteiger partial charge in [0.25, 0.3) is 5.69 Å². The van der Waals surface area contributed by atoms with Crippen LogP contribution in [0.15, 0.2) is 24.3 Å². The van der Waals surface area contributed by atoms with Gasteiger partial charge in [0.1, 0.15) is 5.69 Å². The predicted molar refractivity (Wildman–Crippen MR) is 99.8 cm³/mol. The zero-order chi connectivity index (χ0) is 18.9. The van der Waals surface area contributed by atoms with E-state index >= 15 is 0 Å². The molecule has 7 nitrogen and oxygen atoms in total. The number of esters is 1. The second-order valence-electron chi connectivity index (χ2n) is 6.55. The van der Waals surface area contributed by atoms with Crippen LogP contribution in [0.1, 0.15) is 44.1 Å². The molecule has 142 valence electrons. The van der Waals surface area contributed by atoms with E-state index in [0.717, 1.165) is 25.7 Å². The zero-order valence-electron chi connectivity index (χ0n) is 15.0. The lowest BCUT2D eigenvalue weighted by molar-refractivity contribution is -0.384. The lowest BCUT2D eigenvalue weighted by Gasteiger charge is -2.31. The molecule has 1 aliphatic rings. The van der Waals surface area contributed by atoms with E-state index in [4.69, 9.17) is 0 Å². The molecule has 0 aliphatic heterocycles. The Morgan fingerprint density at radius 3 is 2.77 bits per heavy atom. The van der Waals surface area contributed by atoms with Gasteiger partial charge in [-0.3, -0.25) is 10.1 Å². The van der Waals surface area contributed by atoms with Crippen molar-refractivity contribution in [3.05, 3.63) is 40.0 Å². The summed E-state index contributed by atoms with van der Waals surface area (Å²) in [4.78, 5) is 22.2. The van der Waals surface area contributed by atoms with Gasteiger partial charge in [-0.15, -0.1) is 0 Å². The third-order valence-electron chi connectivity index (χ3n) is 4.83. The van der Waals surface area contributed by atoms with Crippen molar-refractivity contribution in [1.82, 2.24) is 0 Å². The first-order valence-electron chi connectivity index (χ1n) is 8.97. The normalized spacial score (nSPS) is 16.4. The van der Waals surface area contributed by atoms with E-state index in [1.54, 1.807) is 12.1 Å². The number of carbonyl (C=O) groups excluding carboxylic acids is 1. The Morgan fingerprint density at radius 1 is 1.42 bits per heavy atom. The molecule has 1 atom stereocenters. The van der Waals surface area contributed by atoms with E-state index in [9.17, 15) is 20.0 Å². The molecule has 7 heteroatoms. The number of anilines is 1. The van der Waals surface area contributed by atoms with Gasteiger partial charge in [0.2, 0.25) is 0 Å². The van der Waals surface area contributed by atoms with Gasteiger partial charge >= 0.3 is 5.97 Å². The van der Waals surface area contributed by atoms with Crippen molar-refractivity contribution in [3.63, 3.8) is 0 Å². The topological polar surface area (TPSA) is 102 Å². The van der Waals surface area contributed by atoms with Crippen LogP contribution in [-0.4, -0.2) is 35.8 Å². The maximum absolute atomic E-state index is 11.5. The number of aliphatic hydroxyl groups excluding tert-OH is 1. The Hall–Kier alpha value is -2.41. The van der Waals surface area contributed by atoms with E-state index in [2.05, 4.69) is 10.1 Å². The molecule has 0 spiro atoms. The highest BCUT2D eigenvalue weighted by molar-refractivity contribution is 5.87. The van der Waals surface area contributed by atoms with Crippen LogP contribution in [0.25, 0.3) is 6.08 Å². The van der Waals surface area contributed by atoms with Gasteiger partial charge in [0.05, 0.1) is 12.0 Å². The third kappa shape index (κ3) is 5.56. The molecular formula is C19H26N2O5. The molecule has 0 amide bonds. The fourth-order valence-electron chi connectivity index (χ4n) is 3.46. The summed E-state index contributed by atoms with van der Waals surface area (Å²) >= 11 is 0. The summed E-state index contributed by atoms with van der Waals surface area (Å²) in [6.45, 7) is 0.0436. The van der Waals surface area contributed by atoms with E-state index in [1.807, 2.05) is 0 Å². The van der Waals surface area contributed by atoms with Crippen LogP contribution in [0.5, 0.6) is 0 Å². The number of hydrogen-bond acceptors (Lipinski definition) is 6. The van der Waals surface area contributed by atoms with Crippen LogP contribution in [0, 0.1) is 16.0 Å². The number of rotatable bonds is 8. The Balaban J connectivity index is 2.21. The maximum Gasteiger partial charge on any atom is 0.330 e. The fraction of sp³-hybridized carbons (Fsp3) is 0.526. The first kappa shape index (κ1) is 19.9. The van der Waals surface area contributed by atoms with Crippen LogP contribution < -0.4 is 5.32 Å². The van der Waals surface area contributed by atoms with Crippen LogP contribution in [0.3, 0.4) is 0 Å². The summed E-state index contributed by atoms with van der Waals surface area (Å²) in [6.07, 6.45) is 8.96. The van der Waals surface area contributed by atoms with Crippen LogP contribution in [0.2, 0.25) is 0 Å². The molecule has 1 unspecified atom stereocenters. The van der Waals surface area contributed by atoms with Crippen molar-refractivity contribution in [2.24, 2.45) is 5.92 Å². The van der Waals surface area contributed by atoms with Crippen molar-refractivity contribution in [1.29, 1.82) is 0 Å². The number of benzene rings is 1. The number of nitrogens with one attached hydrogen (secondary N) is 1. The largest absolute Gasteiger partial charge is 0.466 e. The Morgan fingerprint density at radius 2 is 2.15 bits per heavy atom. The minimum absolute atomic E-state index is 0.00969. The van der Waals surface area contributed by atoms with Gasteiger partial charge < -0.3 is 15.2 Å². The molecule has 1 saturated carbocycles. The molecule has 1 aliphatic carbocycles. The second kappa shape index (κ2) is 9.91. The highest BCUT2D eigenvalue weighted by Gasteiger charge is 2.25. The molecular weight excluding hydrogens is 336 g/mol. The Bertz CT molecular complexity index is 653. The summed E-state index contributed by atoms with van der Waals surface area (Å²) < 4.78 is 4.52. The second-order valence-corrected chi connectivity index (χ2v) is 6.55. The highest BCUT2D eigenvalue weighted by Crippen LogP contribution is 2.33. The van der Waals surface area contributed by atoms with Gasteiger partial charge in [0.15, 0.2) is 0 Å². The van der Waals surface area contributed by atoms with Crippen molar-refractivity contribution < 1.29 is 19.6 Å². The number of nitro groups is 1. The SMILES string of the molecule is COC(=O)/C=C/c1ccc(NC(CCO)C2CCCCC2)c([N+](=O)[O-])c1. The summed E-state index contributed by atoms with van der Waals surface area (Å²) in [5, 5.41) is 24.2. The molecule has 2 N–H and O–H groups in total. The van der Waals surface area contributed by atoms with Crippen LogP contribution in [0.4, 0.5) is 11.4 Å². The number of nitro benzene ring substituents is 1. The molecule has 26 heavy (non-hydrogen) atoms. The minimum Gasteiger partial charge on any atom is -0.466 e. The molecule has 2 rings (SSSR count). The molecule has 0 heterocycles. The average molecular weight is 362 g/mol. The van der Waals surface area contributed by atoms with Crippen LogP contribution >= 0.6 is 0 Å². The number of aliphatic hydroxyl groups is 1. The smallest absolute Gasteiger partial charge is 0.330 e. The quantitative estimate of drug-likeness (QED) is 0.317. The average Bonchev–Trinajstić information content (AvgIpc) is 2.66. The van der Waals surface area contributed by atoms with Gasteiger partial charge in [-0.05, 0) is 42.9 Å². The number of ether oxygens (including phenoxy) is 1. The number of methoxy groups -OCH3 is 1. The van der Waals surface area contributed by atoms with Crippen molar-refractivity contribution in [2.45, 2.75) is 44.6 Å². The number of hydrogen-bond donors (Lipinski definition) is 2. The fourth-order valence-corrected chi connectivity index (χ4v) is 3.46. The van der Waals surface area contributed by atoms with Crippen molar-refractivity contribution >= 4 is 23.4 Å². The lowest BCUT2D eigenvalue weighted by atomic mass is 9.82. The number of nitrogens with zero attached hydrogens (tertiary/aromatic N) is 1. The monoisotopic (exact) mass is 362 g/mol. The third-order valence-corrected chi connectivity index (χ3v) is 4.83. The Kier molecular flexibility index (Phi) is 7.59. The lowest BCUT2D eigenvalue weighted by Crippen LogP contribution is -2.32. The molecule has 1 aromatic carbocycles. The van der Waals surface area contributed by atoms with Gasteiger partial charge in [-0.25, -0.2) is 4.79 Å². The molecule has 0 radical (unpaired) electrons. The Labute approximate surface area is 153 Å². The molecule has 1 aromatic rings. The van der Waals surface area contributed by atoms with Gasteiger partial charge in [-0.2, -0.15) is 0 Å². The number of carbonyl (C=O) groups is 1. The molecule has 0 saturated heterocycles. The summed E-state index contributed by atoms with van der Waals surface area (Å²) in [6, 6.07) is 4.81. The summed E-state index contributed by atoms with van der Waals surface area (Å²) in [5.74, 6) is -0.107. The van der Waals surface area contributed by atoms with E-state index in [1.165, 1.54) is 31.7 Å². The zero-order valence-corrected chi connectivity index (χ0v) is 15.0. The summed E-state index contributed by atoms with van der Waals surface area (Å²) in [5.41, 5.74) is 0.939. The first-order valence-corrected chi connectivity index (χ1v) is 8.97. The van der Waals surface area contributed by atoms with E-state index in [-0.39, 0.29) is 18.3 Å². The first-order chi connectivity index (χ1) is 12.5. The standard InChI is InChI=1S/C19H26N2O5/c1-26-19(23)10-8-14-7-9-17(18(13-14)21(24)25)20-16(11-12-22)15-5-3-2-4-6-15/h7-10,13,15-16,20,22H,2-6,11-12H2,1H3/b10-8+. The maximum atomic E-state index is 11.5. The van der Waals surface area contributed by atoms with Crippen LogP contribution in [-0.2, 0) is 9.53 Å². The molecule has 0 aromatic heterocycles. The predicted octanol–water partition coefficient (Wildman–Crippen LogP) is 3.52. The van der Waals surface area contributed by atoms with Crippen molar-refractivity contribution in [3.8, 4) is 0 Å². The highest BCUT2D eigenvalue weighted by atomic mass is 16.6.